The Morgan fingerprint density at radius 2 is 1.12 bits per heavy atom. The van der Waals surface area contributed by atoms with Crippen molar-refractivity contribution in [3.8, 4) is 22.3 Å². The third kappa shape index (κ3) is 11.4. The minimum absolute atomic E-state index is 0.203. The van der Waals surface area contributed by atoms with Crippen LogP contribution in [0.1, 0.15) is 95.4 Å². The number of benzene rings is 4. The van der Waals surface area contributed by atoms with Crippen molar-refractivity contribution in [3.05, 3.63) is 131 Å². The summed E-state index contributed by atoms with van der Waals surface area (Å²) in [5, 5.41) is 5.44. The average molecular weight is 785 g/mol. The van der Waals surface area contributed by atoms with Crippen molar-refractivity contribution < 1.29 is 20.8 Å². The van der Waals surface area contributed by atoms with Crippen LogP contribution >= 0.6 is 17.0 Å². The summed E-state index contributed by atoms with van der Waals surface area (Å²) in [7, 11) is 11.0. The summed E-state index contributed by atoms with van der Waals surface area (Å²) < 4.78 is 0. The van der Waals surface area contributed by atoms with Gasteiger partial charge in [-0.15, -0.1) is 69.1 Å². The van der Waals surface area contributed by atoms with Gasteiger partial charge in [0.2, 0.25) is 0 Å². The van der Waals surface area contributed by atoms with E-state index in [1.165, 1.54) is 78.9 Å². The third-order valence-electron chi connectivity index (χ3n) is 9.31. The Morgan fingerprint density at radius 1 is 0.673 bits per heavy atom. The molecule has 4 heteroatoms. The van der Waals surface area contributed by atoms with Crippen molar-refractivity contribution in [2.24, 2.45) is 0 Å². The Balaban J connectivity index is 0.000000230. The second-order valence-corrected chi connectivity index (χ2v) is 18.8. The molecule has 6 aromatic carbocycles. The maximum absolute atomic E-state index is 4.93. The van der Waals surface area contributed by atoms with Gasteiger partial charge in [0.25, 0.3) is 0 Å². The van der Waals surface area contributed by atoms with Gasteiger partial charge in [0.1, 0.15) is 0 Å². The number of halogens is 2. The molecule has 0 aromatic heterocycles. The molecule has 0 nitrogen and oxygen atoms in total. The molecule has 0 aliphatic rings. The maximum atomic E-state index is 4.93. The Hall–Kier alpha value is -2.22. The molecule has 0 saturated carbocycles. The van der Waals surface area contributed by atoms with Crippen molar-refractivity contribution in [2.75, 3.05) is 0 Å². The van der Waals surface area contributed by atoms with E-state index in [-0.39, 0.29) is 5.41 Å². The van der Waals surface area contributed by atoms with Gasteiger partial charge in [-0.2, -0.15) is 12.1 Å². The van der Waals surface area contributed by atoms with E-state index >= 15 is 0 Å². The first-order valence-corrected chi connectivity index (χ1v) is 25.9. The summed E-state index contributed by atoms with van der Waals surface area (Å²) in [6, 6.07) is 40.7. The average Bonchev–Trinajstić information content (AvgIpc) is 3.71. The first-order chi connectivity index (χ1) is 23.4. The van der Waals surface area contributed by atoms with E-state index in [1.807, 2.05) is 0 Å². The van der Waals surface area contributed by atoms with Gasteiger partial charge >= 0.3 is 37.9 Å². The third-order valence-corrected chi connectivity index (χ3v) is 9.31. The molecule has 0 aliphatic heterocycles. The number of hydrogen-bond acceptors (Lipinski definition) is 0. The summed E-state index contributed by atoms with van der Waals surface area (Å²) in [5.41, 5.74) is 11.1. The Kier molecular flexibility index (Phi) is 16.8. The van der Waals surface area contributed by atoms with E-state index in [0.29, 0.717) is 11.8 Å². The first-order valence-electron chi connectivity index (χ1n) is 17.5. The van der Waals surface area contributed by atoms with Gasteiger partial charge in [-0.1, -0.05) is 147 Å². The van der Waals surface area contributed by atoms with Crippen LogP contribution in [0.3, 0.4) is 0 Å². The van der Waals surface area contributed by atoms with Crippen LogP contribution in [0.4, 0.5) is 0 Å². The molecule has 2 radical (unpaired) electrons. The summed E-state index contributed by atoms with van der Waals surface area (Å²) in [6.07, 6.45) is 2.38. The van der Waals surface area contributed by atoms with Gasteiger partial charge < -0.3 is 0 Å². The fourth-order valence-corrected chi connectivity index (χ4v) is 6.04. The van der Waals surface area contributed by atoms with Crippen molar-refractivity contribution in [1.82, 2.24) is 0 Å². The molecule has 256 valence electrons. The first kappa shape index (κ1) is 41.2. The summed E-state index contributed by atoms with van der Waals surface area (Å²) in [6.45, 7) is 22.4. The predicted octanol–water partition coefficient (Wildman–Crippen LogP) is 15.2. The quantitative estimate of drug-likeness (QED) is 0.117. The van der Waals surface area contributed by atoms with Crippen molar-refractivity contribution >= 4 is 48.1 Å². The van der Waals surface area contributed by atoms with Crippen LogP contribution in [0.15, 0.2) is 109 Å². The molecule has 0 spiro atoms. The van der Waals surface area contributed by atoms with Gasteiger partial charge in [0, 0.05) is 9.52 Å². The molecule has 0 bridgehead atoms. The van der Waals surface area contributed by atoms with Crippen LogP contribution in [0, 0.1) is 6.92 Å². The molecule has 0 aliphatic carbocycles. The van der Waals surface area contributed by atoms with Gasteiger partial charge in [-0.25, -0.2) is 0 Å². The molecule has 0 fully saturated rings. The fourth-order valence-electron chi connectivity index (χ4n) is 6.04. The zero-order valence-corrected chi connectivity index (χ0v) is 36.2. The normalized spacial score (nSPS) is 12.1. The molecule has 0 saturated heterocycles. The van der Waals surface area contributed by atoms with E-state index < -0.39 is 20.8 Å². The second kappa shape index (κ2) is 20.0. The molecule has 0 amide bonds. The molecule has 6 rings (SSSR count). The summed E-state index contributed by atoms with van der Waals surface area (Å²) in [5.74, 6) is 1.26. The van der Waals surface area contributed by atoms with Gasteiger partial charge in [-0.05, 0) is 45.9 Å². The summed E-state index contributed by atoms with van der Waals surface area (Å²) >= 11 is -0.826. The standard InChI is InChI=1S/C23H27.C20H21.C2H6Si.2ClH.Zr/c1-6-16(2)19-14-18-8-7-9-21(22(18)15-19)17-10-12-20(13-11-17)23(3,4)5;1-4-15(3)16-8-10-17(11-9-16)19-7-5-6-18-12-14(2)13-20(18)19;1-3-2;;;/h7-16H,6H2,1-5H3;5-13,15H,4H2,1-3H3;1-2H3;2*1H;/q2*-1;;;;+4/p-2. The van der Waals surface area contributed by atoms with E-state index in [1.54, 1.807) is 0 Å². The van der Waals surface area contributed by atoms with Crippen LogP contribution < -0.4 is 0 Å². The van der Waals surface area contributed by atoms with Crippen LogP contribution in [0.5, 0.6) is 0 Å². The molecule has 0 N–H and O–H groups in total. The van der Waals surface area contributed by atoms with Crippen molar-refractivity contribution in [3.63, 3.8) is 0 Å². The predicted molar refractivity (Wildman–Crippen MR) is 220 cm³/mol. The Labute approximate surface area is 318 Å². The number of fused-ring (bicyclic) bond motifs is 2. The van der Waals surface area contributed by atoms with E-state index in [0.717, 1.165) is 9.52 Å². The minimum atomic E-state index is -0.826. The number of rotatable bonds is 6. The van der Waals surface area contributed by atoms with Gasteiger partial charge in [-0.3, -0.25) is 0 Å². The van der Waals surface area contributed by atoms with Crippen LogP contribution in [-0.4, -0.2) is 9.52 Å². The Bertz CT molecular complexity index is 1840. The van der Waals surface area contributed by atoms with Crippen LogP contribution in [-0.2, 0) is 26.3 Å². The molecule has 6 aromatic rings. The van der Waals surface area contributed by atoms with Crippen molar-refractivity contribution in [1.29, 1.82) is 0 Å². The molecule has 49 heavy (non-hydrogen) atoms. The molecular formula is C45H54Cl2SiZr. The SMILES string of the molecule is CCC(C)c1cc2c(-c3ccc(C(C)(C)C)cc3)cccc2[cH-]1.CCC(C)c1ccc(-c2cccc3[cH-]c(C)cc23)cc1.C[Si]C.[Cl][Zr+2][Cl]. The zero-order valence-electron chi connectivity index (χ0n) is 31.2. The van der Waals surface area contributed by atoms with Crippen LogP contribution in [0.25, 0.3) is 43.8 Å². The van der Waals surface area contributed by atoms with Crippen molar-refractivity contribution in [2.45, 2.75) is 98.6 Å². The molecule has 2 unspecified atom stereocenters. The monoisotopic (exact) mass is 782 g/mol. The van der Waals surface area contributed by atoms with E-state index in [2.05, 4.69) is 178 Å². The van der Waals surface area contributed by atoms with Gasteiger partial charge in [0.15, 0.2) is 0 Å². The second-order valence-electron chi connectivity index (χ2n) is 14.1. The number of hydrogen-bond donors (Lipinski definition) is 0. The molecular weight excluding hydrogens is 731 g/mol. The molecule has 0 heterocycles. The summed E-state index contributed by atoms with van der Waals surface area (Å²) in [4.78, 5) is 0. The Morgan fingerprint density at radius 3 is 1.59 bits per heavy atom. The van der Waals surface area contributed by atoms with Gasteiger partial charge in [0.05, 0.1) is 0 Å². The zero-order chi connectivity index (χ0) is 36.1. The van der Waals surface area contributed by atoms with Crippen LogP contribution in [0.2, 0.25) is 13.1 Å². The van der Waals surface area contributed by atoms with E-state index in [4.69, 9.17) is 17.0 Å². The van der Waals surface area contributed by atoms with E-state index in [9.17, 15) is 0 Å². The topological polar surface area (TPSA) is 0 Å². The number of aryl methyl sites for hydroxylation is 1. The fraction of sp³-hybridized carbons (Fsp3) is 0.333. The molecule has 2 atom stereocenters.